The van der Waals surface area contributed by atoms with Gasteiger partial charge in [-0.15, -0.1) is 0 Å². The lowest BCUT2D eigenvalue weighted by Gasteiger charge is -1.97. The topological polar surface area (TPSA) is 83.5 Å². The Labute approximate surface area is 118 Å². The second-order valence-corrected chi connectivity index (χ2v) is 4.94. The van der Waals surface area contributed by atoms with Crippen molar-refractivity contribution in [2.24, 2.45) is 7.05 Å². The molecule has 20 heavy (non-hydrogen) atoms. The zero-order chi connectivity index (χ0) is 14.3. The Kier molecular flexibility index (Phi) is 2.94. The number of aryl methyl sites for hydroxylation is 1. The molecule has 0 aliphatic rings. The molecule has 0 fully saturated rings. The molecule has 2 N–H and O–H groups in total. The summed E-state index contributed by atoms with van der Waals surface area (Å²) in [6, 6.07) is 7.36. The van der Waals surface area contributed by atoms with Crippen molar-refractivity contribution in [3.63, 3.8) is 0 Å². The monoisotopic (exact) mass is 290 g/mol. The Bertz CT molecular complexity index is 889. The molecule has 0 bridgehead atoms. The molecule has 0 aliphatic carbocycles. The van der Waals surface area contributed by atoms with Gasteiger partial charge in [0.25, 0.3) is 5.56 Å². The van der Waals surface area contributed by atoms with E-state index in [-0.39, 0.29) is 0 Å². The zero-order valence-electron chi connectivity index (χ0n) is 10.6. The van der Waals surface area contributed by atoms with Gasteiger partial charge in [-0.2, -0.15) is 0 Å². The van der Waals surface area contributed by atoms with Crippen LogP contribution in [-0.2, 0) is 13.5 Å². The predicted molar refractivity (Wildman–Crippen MR) is 76.2 cm³/mol. The van der Waals surface area contributed by atoms with Crippen LogP contribution in [0.5, 0.6) is 0 Å². The average molecular weight is 291 g/mol. The summed E-state index contributed by atoms with van der Waals surface area (Å²) >= 11 is 5.83. The molecule has 0 saturated carbocycles. The van der Waals surface area contributed by atoms with Crippen LogP contribution >= 0.6 is 11.6 Å². The van der Waals surface area contributed by atoms with Gasteiger partial charge in [-0.1, -0.05) is 23.7 Å². The van der Waals surface area contributed by atoms with E-state index >= 15 is 0 Å². The Morgan fingerprint density at radius 2 is 1.90 bits per heavy atom. The highest BCUT2D eigenvalue weighted by atomic mass is 35.5. The van der Waals surface area contributed by atoms with Gasteiger partial charge in [0, 0.05) is 18.5 Å². The molecule has 3 rings (SSSR count). The lowest BCUT2D eigenvalue weighted by atomic mass is 10.1. The highest BCUT2D eigenvalue weighted by Crippen LogP contribution is 2.13. The maximum atomic E-state index is 11.7. The molecule has 0 aliphatic heterocycles. The Balaban J connectivity index is 2.07. The predicted octanol–water partition coefficient (Wildman–Crippen LogP) is 1.19. The Hall–Kier alpha value is -2.34. The highest BCUT2D eigenvalue weighted by molar-refractivity contribution is 6.30. The third kappa shape index (κ3) is 2.14. The van der Waals surface area contributed by atoms with Crippen LogP contribution in [-0.4, -0.2) is 19.5 Å². The number of imidazole rings is 1. The van der Waals surface area contributed by atoms with Gasteiger partial charge >= 0.3 is 5.69 Å². The van der Waals surface area contributed by atoms with Gasteiger partial charge in [0.05, 0.1) is 0 Å². The summed E-state index contributed by atoms with van der Waals surface area (Å²) in [5.41, 5.74) is 0.721. The van der Waals surface area contributed by atoms with Crippen LogP contribution in [0, 0.1) is 0 Å². The molecule has 7 heteroatoms. The number of hydrogen-bond acceptors (Lipinski definition) is 3. The number of fused-ring (bicyclic) bond motifs is 1. The maximum Gasteiger partial charge on any atom is 0.329 e. The molecule has 0 atom stereocenters. The molecular weight excluding hydrogens is 280 g/mol. The first-order chi connectivity index (χ1) is 9.54. The van der Waals surface area contributed by atoms with Crippen molar-refractivity contribution >= 4 is 22.8 Å². The summed E-state index contributed by atoms with van der Waals surface area (Å²) in [5, 5.41) is 0.664. The smallest absolute Gasteiger partial charge is 0.329 e. The van der Waals surface area contributed by atoms with Crippen LogP contribution in [0.4, 0.5) is 0 Å². The third-order valence-electron chi connectivity index (χ3n) is 3.09. The van der Waals surface area contributed by atoms with Crippen LogP contribution in [0.3, 0.4) is 0 Å². The van der Waals surface area contributed by atoms with E-state index in [1.807, 2.05) is 12.1 Å². The third-order valence-corrected chi connectivity index (χ3v) is 3.34. The fourth-order valence-electron chi connectivity index (χ4n) is 2.03. The van der Waals surface area contributed by atoms with Gasteiger partial charge in [-0.05, 0) is 17.7 Å². The fourth-order valence-corrected chi connectivity index (χ4v) is 2.16. The van der Waals surface area contributed by atoms with Gasteiger partial charge in [-0.3, -0.25) is 14.3 Å². The summed E-state index contributed by atoms with van der Waals surface area (Å²) in [7, 11) is 1.56. The second-order valence-electron chi connectivity index (χ2n) is 4.50. The number of aromatic nitrogens is 4. The minimum absolute atomic E-state index is 0.302. The molecule has 2 aromatic heterocycles. The fraction of sp³-hybridized carbons (Fsp3) is 0.154. The van der Waals surface area contributed by atoms with E-state index in [1.165, 1.54) is 4.57 Å². The SMILES string of the molecule is Cn1c(=O)[nH]c(=O)c2[nH]c(Cc3ccc(Cl)cc3)nc21. The summed E-state index contributed by atoms with van der Waals surface area (Å²) < 4.78 is 1.30. The number of rotatable bonds is 2. The molecule has 3 aromatic rings. The van der Waals surface area contributed by atoms with Crippen LogP contribution in [0.15, 0.2) is 33.9 Å². The summed E-state index contributed by atoms with van der Waals surface area (Å²) in [6.07, 6.45) is 0.527. The summed E-state index contributed by atoms with van der Waals surface area (Å²) in [5.74, 6) is 0.619. The second kappa shape index (κ2) is 4.64. The van der Waals surface area contributed by atoms with Crippen molar-refractivity contribution in [2.45, 2.75) is 6.42 Å². The number of aromatic amines is 2. The zero-order valence-corrected chi connectivity index (χ0v) is 11.4. The normalized spacial score (nSPS) is 11.1. The van der Waals surface area contributed by atoms with E-state index in [0.29, 0.717) is 28.4 Å². The maximum absolute atomic E-state index is 11.7. The van der Waals surface area contributed by atoms with E-state index in [9.17, 15) is 9.59 Å². The first-order valence-corrected chi connectivity index (χ1v) is 6.35. The van der Waals surface area contributed by atoms with Gasteiger partial charge in [-0.25, -0.2) is 9.78 Å². The molecule has 1 aromatic carbocycles. The summed E-state index contributed by atoms with van der Waals surface area (Å²) in [6.45, 7) is 0. The van der Waals surface area contributed by atoms with Crippen molar-refractivity contribution < 1.29 is 0 Å². The van der Waals surface area contributed by atoms with E-state index < -0.39 is 11.2 Å². The Morgan fingerprint density at radius 3 is 2.60 bits per heavy atom. The minimum atomic E-state index is -0.480. The number of nitrogens with zero attached hydrogens (tertiary/aromatic N) is 2. The quantitative estimate of drug-likeness (QED) is 0.744. The van der Waals surface area contributed by atoms with Crippen molar-refractivity contribution in [3.05, 3.63) is 61.5 Å². The van der Waals surface area contributed by atoms with Crippen LogP contribution in [0.2, 0.25) is 5.02 Å². The van der Waals surface area contributed by atoms with Crippen molar-refractivity contribution in [1.29, 1.82) is 0 Å². The first-order valence-electron chi connectivity index (χ1n) is 5.97. The molecule has 0 spiro atoms. The van der Waals surface area contributed by atoms with Crippen LogP contribution in [0.1, 0.15) is 11.4 Å². The van der Waals surface area contributed by atoms with Gasteiger partial charge in [0.1, 0.15) is 11.3 Å². The van der Waals surface area contributed by atoms with Gasteiger partial charge in [0.2, 0.25) is 0 Å². The van der Waals surface area contributed by atoms with Crippen molar-refractivity contribution in [1.82, 2.24) is 19.5 Å². The highest BCUT2D eigenvalue weighted by Gasteiger charge is 2.10. The lowest BCUT2D eigenvalue weighted by Crippen LogP contribution is -2.28. The number of hydrogen-bond donors (Lipinski definition) is 2. The molecule has 6 nitrogen and oxygen atoms in total. The largest absolute Gasteiger partial charge is 0.336 e. The number of H-pyrrole nitrogens is 2. The van der Waals surface area contributed by atoms with E-state index in [2.05, 4.69) is 15.0 Å². The van der Waals surface area contributed by atoms with Crippen molar-refractivity contribution in [3.8, 4) is 0 Å². The number of nitrogens with one attached hydrogen (secondary N) is 2. The molecule has 0 amide bonds. The van der Waals surface area contributed by atoms with Gasteiger partial charge < -0.3 is 4.98 Å². The molecule has 102 valence electrons. The average Bonchev–Trinajstić information content (AvgIpc) is 2.83. The minimum Gasteiger partial charge on any atom is -0.336 e. The Morgan fingerprint density at radius 1 is 1.20 bits per heavy atom. The van der Waals surface area contributed by atoms with Gasteiger partial charge in [0.15, 0.2) is 5.65 Å². The molecule has 0 unspecified atom stereocenters. The first kappa shape index (κ1) is 12.7. The molecule has 0 radical (unpaired) electrons. The number of benzene rings is 1. The van der Waals surface area contributed by atoms with E-state index in [1.54, 1.807) is 19.2 Å². The molecule has 0 saturated heterocycles. The standard InChI is InChI=1S/C13H11ClN4O2/c1-18-11-10(12(19)17-13(18)20)15-9(16-11)6-7-2-4-8(14)5-3-7/h2-5H,6H2,1H3,(H,15,16)(H,17,19,20). The molecular formula is C13H11ClN4O2. The van der Waals surface area contributed by atoms with E-state index in [0.717, 1.165) is 5.56 Å². The van der Waals surface area contributed by atoms with E-state index in [4.69, 9.17) is 11.6 Å². The van der Waals surface area contributed by atoms with Crippen LogP contribution in [0.25, 0.3) is 11.2 Å². The summed E-state index contributed by atoms with van der Waals surface area (Å²) in [4.78, 5) is 32.7. The molecule has 2 heterocycles. The van der Waals surface area contributed by atoms with Crippen molar-refractivity contribution in [2.75, 3.05) is 0 Å². The number of halogens is 1. The lowest BCUT2D eigenvalue weighted by molar-refractivity contribution is 0.830. The van der Waals surface area contributed by atoms with Crippen LogP contribution < -0.4 is 11.2 Å².